The van der Waals surface area contributed by atoms with Crippen LogP contribution in [-0.2, 0) is 4.74 Å². The third-order valence-corrected chi connectivity index (χ3v) is 3.23. The van der Waals surface area contributed by atoms with Crippen LogP contribution in [0.4, 0.5) is 0 Å². The van der Waals surface area contributed by atoms with Crippen LogP contribution in [0, 0.1) is 0 Å². The number of esters is 1. The van der Waals surface area contributed by atoms with Crippen LogP contribution in [0.2, 0.25) is 0 Å². The molecule has 3 rings (SSSR count). The van der Waals surface area contributed by atoms with E-state index in [1.807, 2.05) is 60.7 Å². The van der Waals surface area contributed by atoms with Gasteiger partial charge in [0.2, 0.25) is 0 Å². The fraction of sp³-hybridized carbons (Fsp3) is 0.111. The number of aromatic nitrogens is 3. The van der Waals surface area contributed by atoms with Crippen molar-refractivity contribution in [3.8, 4) is 22.6 Å². The van der Waals surface area contributed by atoms with Crippen molar-refractivity contribution in [2.75, 3.05) is 6.61 Å². The highest BCUT2D eigenvalue weighted by atomic mass is 16.5. The summed E-state index contributed by atoms with van der Waals surface area (Å²) in [6, 6.07) is 18.8. The second kappa shape index (κ2) is 6.79. The summed E-state index contributed by atoms with van der Waals surface area (Å²) in [5.74, 6) is -0.105. The van der Waals surface area contributed by atoms with E-state index >= 15 is 0 Å². The number of hydrogen-bond donors (Lipinski definition) is 0. The molecule has 1 heterocycles. The molecule has 0 N–H and O–H groups in total. The van der Waals surface area contributed by atoms with E-state index in [9.17, 15) is 4.79 Å². The summed E-state index contributed by atoms with van der Waals surface area (Å²) in [5.41, 5.74) is 2.16. The molecule has 0 radical (unpaired) electrons. The molecule has 0 saturated carbocycles. The van der Waals surface area contributed by atoms with Gasteiger partial charge in [-0.25, -0.2) is 9.78 Å². The zero-order valence-electron chi connectivity index (χ0n) is 12.6. The van der Waals surface area contributed by atoms with E-state index in [-0.39, 0.29) is 12.3 Å². The lowest BCUT2D eigenvalue weighted by Gasteiger charge is -2.08. The zero-order valence-corrected chi connectivity index (χ0v) is 12.6. The van der Waals surface area contributed by atoms with Crippen LogP contribution in [0.15, 0.2) is 60.7 Å². The molecule has 0 aliphatic rings. The highest BCUT2D eigenvalue weighted by Gasteiger charge is 2.19. The minimum Gasteiger partial charge on any atom is -0.461 e. The Morgan fingerprint density at radius 1 is 0.913 bits per heavy atom. The van der Waals surface area contributed by atoms with Crippen molar-refractivity contribution in [1.82, 2.24) is 15.2 Å². The molecule has 0 atom stereocenters. The fourth-order valence-corrected chi connectivity index (χ4v) is 2.17. The molecule has 0 saturated heterocycles. The fourth-order valence-electron chi connectivity index (χ4n) is 2.17. The van der Waals surface area contributed by atoms with Crippen molar-refractivity contribution in [2.45, 2.75) is 6.92 Å². The topological polar surface area (TPSA) is 65.0 Å². The third kappa shape index (κ3) is 3.23. The van der Waals surface area contributed by atoms with Crippen LogP contribution < -0.4 is 0 Å². The quantitative estimate of drug-likeness (QED) is 0.691. The van der Waals surface area contributed by atoms with Gasteiger partial charge in [0.25, 0.3) is 0 Å². The zero-order chi connectivity index (χ0) is 16.1. The molecule has 0 aliphatic heterocycles. The molecular formula is C18H15N3O2. The molecule has 5 nitrogen and oxygen atoms in total. The van der Waals surface area contributed by atoms with Crippen molar-refractivity contribution in [3.63, 3.8) is 0 Å². The standard InChI is InChI=1S/C18H15N3O2/c1-2-23-18(22)16-15(13-9-5-3-6-10-13)20-21-17(19-16)14-11-7-4-8-12-14/h3-12H,2H2,1H3. The van der Waals surface area contributed by atoms with Crippen LogP contribution in [-0.4, -0.2) is 27.8 Å². The predicted octanol–water partition coefficient (Wildman–Crippen LogP) is 3.38. The van der Waals surface area contributed by atoms with Crippen LogP contribution in [0.5, 0.6) is 0 Å². The van der Waals surface area contributed by atoms with Gasteiger partial charge in [-0.1, -0.05) is 60.7 Å². The van der Waals surface area contributed by atoms with Gasteiger partial charge < -0.3 is 4.74 Å². The first-order chi connectivity index (χ1) is 11.3. The summed E-state index contributed by atoms with van der Waals surface area (Å²) in [6.07, 6.45) is 0. The second-order valence-electron chi connectivity index (χ2n) is 4.79. The molecule has 0 aliphatic carbocycles. The molecule has 0 spiro atoms. The van der Waals surface area contributed by atoms with Gasteiger partial charge >= 0.3 is 5.97 Å². The summed E-state index contributed by atoms with van der Waals surface area (Å²) >= 11 is 0. The van der Waals surface area contributed by atoms with Crippen molar-refractivity contribution in [2.24, 2.45) is 0 Å². The number of rotatable bonds is 4. The molecular weight excluding hydrogens is 290 g/mol. The summed E-state index contributed by atoms with van der Waals surface area (Å²) in [5, 5.41) is 8.37. The summed E-state index contributed by atoms with van der Waals surface area (Å²) < 4.78 is 5.11. The molecule has 5 heteroatoms. The molecule has 1 aromatic heterocycles. The van der Waals surface area contributed by atoms with E-state index in [4.69, 9.17) is 4.74 Å². The van der Waals surface area contributed by atoms with Gasteiger partial charge in [0.15, 0.2) is 11.5 Å². The first-order valence-electron chi connectivity index (χ1n) is 7.32. The van der Waals surface area contributed by atoms with Crippen LogP contribution in [0.25, 0.3) is 22.6 Å². The Kier molecular flexibility index (Phi) is 4.38. The Hall–Kier alpha value is -3.08. The van der Waals surface area contributed by atoms with Gasteiger partial charge in [-0.15, -0.1) is 10.2 Å². The average Bonchev–Trinajstić information content (AvgIpc) is 2.63. The molecule has 0 bridgehead atoms. The Labute approximate surface area is 134 Å². The summed E-state index contributed by atoms with van der Waals surface area (Å²) in [4.78, 5) is 16.7. The molecule has 0 amide bonds. The van der Waals surface area contributed by atoms with E-state index in [2.05, 4.69) is 15.2 Å². The number of hydrogen-bond acceptors (Lipinski definition) is 5. The molecule has 0 fully saturated rings. The van der Waals surface area contributed by atoms with Crippen molar-refractivity contribution >= 4 is 5.97 Å². The molecule has 114 valence electrons. The van der Waals surface area contributed by atoms with E-state index in [1.54, 1.807) is 6.92 Å². The van der Waals surface area contributed by atoms with Gasteiger partial charge in [0, 0.05) is 11.1 Å². The minimum absolute atomic E-state index is 0.173. The van der Waals surface area contributed by atoms with Gasteiger partial charge in [0.05, 0.1) is 6.61 Å². The number of carbonyl (C=O) groups is 1. The lowest BCUT2D eigenvalue weighted by atomic mass is 10.1. The third-order valence-electron chi connectivity index (χ3n) is 3.23. The van der Waals surface area contributed by atoms with Gasteiger partial charge in [-0.3, -0.25) is 0 Å². The summed E-state index contributed by atoms with van der Waals surface area (Å²) in [6.45, 7) is 2.03. The average molecular weight is 305 g/mol. The van der Waals surface area contributed by atoms with E-state index in [0.29, 0.717) is 11.5 Å². The smallest absolute Gasteiger partial charge is 0.359 e. The monoisotopic (exact) mass is 305 g/mol. The maximum absolute atomic E-state index is 12.3. The predicted molar refractivity (Wildman–Crippen MR) is 86.7 cm³/mol. The van der Waals surface area contributed by atoms with Crippen molar-refractivity contribution < 1.29 is 9.53 Å². The minimum atomic E-state index is -0.501. The van der Waals surface area contributed by atoms with Crippen LogP contribution >= 0.6 is 0 Å². The number of carbonyl (C=O) groups excluding carboxylic acids is 1. The molecule has 2 aromatic carbocycles. The Morgan fingerprint density at radius 3 is 2.13 bits per heavy atom. The van der Waals surface area contributed by atoms with Crippen molar-refractivity contribution in [1.29, 1.82) is 0 Å². The maximum atomic E-state index is 12.3. The van der Waals surface area contributed by atoms with Gasteiger partial charge in [-0.05, 0) is 6.92 Å². The van der Waals surface area contributed by atoms with Gasteiger partial charge in [0.1, 0.15) is 5.69 Å². The molecule has 23 heavy (non-hydrogen) atoms. The normalized spacial score (nSPS) is 10.3. The van der Waals surface area contributed by atoms with Gasteiger partial charge in [-0.2, -0.15) is 0 Å². The van der Waals surface area contributed by atoms with E-state index in [1.165, 1.54) is 0 Å². The van der Waals surface area contributed by atoms with E-state index < -0.39 is 5.97 Å². The Morgan fingerprint density at radius 2 is 1.52 bits per heavy atom. The summed E-state index contributed by atoms with van der Waals surface area (Å²) in [7, 11) is 0. The van der Waals surface area contributed by atoms with E-state index in [0.717, 1.165) is 11.1 Å². The number of nitrogens with zero attached hydrogens (tertiary/aromatic N) is 3. The SMILES string of the molecule is CCOC(=O)c1nc(-c2ccccc2)nnc1-c1ccccc1. The second-order valence-corrected chi connectivity index (χ2v) is 4.79. The highest BCUT2D eigenvalue weighted by molar-refractivity contribution is 5.94. The number of benzene rings is 2. The number of ether oxygens (including phenoxy) is 1. The Bertz CT molecular complexity index is 805. The maximum Gasteiger partial charge on any atom is 0.359 e. The first-order valence-corrected chi connectivity index (χ1v) is 7.32. The highest BCUT2D eigenvalue weighted by Crippen LogP contribution is 2.22. The van der Waals surface area contributed by atoms with Crippen LogP contribution in [0.1, 0.15) is 17.4 Å². The molecule has 0 unspecified atom stereocenters. The van der Waals surface area contributed by atoms with Crippen LogP contribution in [0.3, 0.4) is 0 Å². The van der Waals surface area contributed by atoms with Crippen molar-refractivity contribution in [3.05, 3.63) is 66.4 Å². The molecule has 3 aromatic rings. The lowest BCUT2D eigenvalue weighted by Crippen LogP contribution is -2.12. The Balaban J connectivity index is 2.12. The largest absolute Gasteiger partial charge is 0.461 e. The lowest BCUT2D eigenvalue weighted by molar-refractivity contribution is 0.0520. The first kappa shape index (κ1) is 14.8.